The second kappa shape index (κ2) is 6.74. The first-order chi connectivity index (χ1) is 15.1. The molecule has 4 unspecified atom stereocenters. The maximum absolute atomic E-state index is 13.6. The third-order valence-corrected chi connectivity index (χ3v) is 6.44. The minimum atomic E-state index is -2.05. The average Bonchev–Trinajstić information content (AvgIpc) is 2.77. The predicted molar refractivity (Wildman–Crippen MR) is 110 cm³/mol. The Balaban J connectivity index is 1.67. The first-order valence-electron chi connectivity index (χ1n) is 10.2. The van der Waals surface area contributed by atoms with E-state index in [1.165, 1.54) is 32.4 Å². The second-order valence-corrected chi connectivity index (χ2v) is 8.67. The zero-order valence-corrected chi connectivity index (χ0v) is 18.0. The summed E-state index contributed by atoms with van der Waals surface area (Å²) in [6, 6.07) is 6.06. The maximum atomic E-state index is 13.6. The van der Waals surface area contributed by atoms with E-state index in [0.717, 1.165) is 0 Å². The van der Waals surface area contributed by atoms with Gasteiger partial charge in [-0.3, -0.25) is 4.79 Å². The van der Waals surface area contributed by atoms with Crippen molar-refractivity contribution < 1.29 is 43.8 Å². The fraction of sp³-hybridized carbons (Fsp3) is 0.435. The topological polar surface area (TPSA) is 124 Å². The number of hydrogen-bond acceptors (Lipinski definition) is 9. The highest BCUT2D eigenvalue weighted by Gasteiger charge is 2.57. The van der Waals surface area contributed by atoms with E-state index in [9.17, 15) is 20.1 Å². The van der Waals surface area contributed by atoms with E-state index in [1.807, 2.05) is 0 Å². The second-order valence-electron chi connectivity index (χ2n) is 8.67. The van der Waals surface area contributed by atoms with Crippen molar-refractivity contribution in [1.29, 1.82) is 0 Å². The van der Waals surface area contributed by atoms with Crippen LogP contribution in [0.15, 0.2) is 24.3 Å². The van der Waals surface area contributed by atoms with Crippen molar-refractivity contribution in [3.05, 3.63) is 41.0 Å². The van der Waals surface area contributed by atoms with Crippen molar-refractivity contribution in [3.63, 3.8) is 0 Å². The molecule has 5 rings (SSSR count). The summed E-state index contributed by atoms with van der Waals surface area (Å²) in [6.07, 6.45) is -3.69. The van der Waals surface area contributed by atoms with Crippen molar-refractivity contribution in [2.75, 3.05) is 20.8 Å². The minimum Gasteiger partial charge on any atom is -0.493 e. The molecule has 3 aliphatic rings. The van der Waals surface area contributed by atoms with Crippen molar-refractivity contribution in [3.8, 4) is 28.7 Å². The summed E-state index contributed by atoms with van der Waals surface area (Å²) in [5.74, 6) is 0.742. The summed E-state index contributed by atoms with van der Waals surface area (Å²) in [5.41, 5.74) is -2.66. The quantitative estimate of drug-likeness (QED) is 0.632. The molecule has 3 heterocycles. The Morgan fingerprint density at radius 2 is 1.75 bits per heavy atom. The molecule has 0 radical (unpaired) electrons. The molecule has 2 aromatic rings. The number of carbonyl (C=O) groups is 1. The molecule has 9 nitrogen and oxygen atoms in total. The van der Waals surface area contributed by atoms with E-state index in [1.54, 1.807) is 19.9 Å². The van der Waals surface area contributed by atoms with Crippen molar-refractivity contribution in [1.82, 2.24) is 0 Å². The fourth-order valence-corrected chi connectivity index (χ4v) is 4.61. The molecule has 3 aliphatic heterocycles. The van der Waals surface area contributed by atoms with Crippen LogP contribution in [0.1, 0.15) is 41.4 Å². The van der Waals surface area contributed by atoms with Crippen LogP contribution in [-0.4, -0.2) is 59.7 Å². The third-order valence-electron chi connectivity index (χ3n) is 6.44. The van der Waals surface area contributed by atoms with E-state index in [4.69, 9.17) is 23.7 Å². The lowest BCUT2D eigenvalue weighted by molar-refractivity contribution is -0.116. The predicted octanol–water partition coefficient (Wildman–Crippen LogP) is 1.49. The lowest BCUT2D eigenvalue weighted by atomic mass is 9.76. The Labute approximate surface area is 184 Å². The standard InChI is InChI=1S/C23H24O9/c1-22(2)21(26)18(24)17-12(32-22)6-5-10-19(17)31-16-9-30-13-8-15(29-4)14(28-3)7-11(13)23(16,27)20(10)25/h5-8,16,18,21,24,26-27H,9H2,1-4H3. The van der Waals surface area contributed by atoms with Gasteiger partial charge < -0.3 is 39.0 Å². The molecule has 0 amide bonds. The molecule has 170 valence electrons. The highest BCUT2D eigenvalue weighted by Crippen LogP contribution is 2.53. The summed E-state index contributed by atoms with van der Waals surface area (Å²) in [5, 5.41) is 33.0. The molecule has 4 atom stereocenters. The molecular weight excluding hydrogens is 420 g/mol. The van der Waals surface area contributed by atoms with Gasteiger partial charge in [0.2, 0.25) is 5.78 Å². The van der Waals surface area contributed by atoms with Gasteiger partial charge in [0.25, 0.3) is 0 Å². The highest BCUT2D eigenvalue weighted by molar-refractivity contribution is 6.07. The van der Waals surface area contributed by atoms with Crippen LogP contribution in [0, 0.1) is 0 Å². The fourth-order valence-electron chi connectivity index (χ4n) is 4.61. The van der Waals surface area contributed by atoms with Gasteiger partial charge in [-0.1, -0.05) is 0 Å². The van der Waals surface area contributed by atoms with Gasteiger partial charge in [0, 0.05) is 11.6 Å². The van der Waals surface area contributed by atoms with Gasteiger partial charge in [-0.25, -0.2) is 0 Å². The number of ether oxygens (including phenoxy) is 5. The number of ketones is 1. The number of rotatable bonds is 2. The molecule has 3 N–H and O–H groups in total. The summed E-state index contributed by atoms with van der Waals surface area (Å²) in [7, 11) is 2.92. The van der Waals surface area contributed by atoms with Gasteiger partial charge in [0.1, 0.15) is 41.7 Å². The molecule has 0 spiro atoms. The zero-order chi connectivity index (χ0) is 23.0. The Kier molecular flexibility index (Phi) is 4.40. The Bertz CT molecular complexity index is 1120. The number of fused-ring (bicyclic) bond motifs is 6. The van der Waals surface area contributed by atoms with Crippen molar-refractivity contribution in [2.24, 2.45) is 0 Å². The molecule has 0 fully saturated rings. The van der Waals surface area contributed by atoms with Crippen molar-refractivity contribution in [2.45, 2.75) is 43.4 Å². The summed E-state index contributed by atoms with van der Waals surface area (Å²) < 4.78 is 28.3. The molecule has 9 heteroatoms. The smallest absolute Gasteiger partial charge is 0.206 e. The molecule has 0 bridgehead atoms. The monoisotopic (exact) mass is 444 g/mol. The van der Waals surface area contributed by atoms with E-state index < -0.39 is 35.3 Å². The summed E-state index contributed by atoms with van der Waals surface area (Å²) in [6.45, 7) is 3.18. The lowest BCUT2D eigenvalue weighted by Crippen LogP contribution is -2.58. The van der Waals surface area contributed by atoms with Gasteiger partial charge in [0.15, 0.2) is 23.2 Å². The number of methoxy groups -OCH3 is 2. The van der Waals surface area contributed by atoms with E-state index in [2.05, 4.69) is 0 Å². The van der Waals surface area contributed by atoms with Gasteiger partial charge in [-0.15, -0.1) is 0 Å². The lowest BCUT2D eigenvalue weighted by Gasteiger charge is -2.46. The molecular formula is C23H24O9. The minimum absolute atomic E-state index is 0.0664. The van der Waals surface area contributed by atoms with Crippen molar-refractivity contribution >= 4 is 5.78 Å². The van der Waals surface area contributed by atoms with Crippen LogP contribution in [0.4, 0.5) is 0 Å². The first kappa shape index (κ1) is 20.9. The zero-order valence-electron chi connectivity index (χ0n) is 18.0. The van der Waals surface area contributed by atoms with Gasteiger partial charge in [-0.2, -0.15) is 0 Å². The van der Waals surface area contributed by atoms with Crippen LogP contribution in [0.5, 0.6) is 28.7 Å². The number of benzene rings is 2. The van der Waals surface area contributed by atoms with Gasteiger partial charge in [0.05, 0.1) is 25.3 Å². The van der Waals surface area contributed by atoms with Crippen LogP contribution >= 0.6 is 0 Å². The Morgan fingerprint density at radius 3 is 2.44 bits per heavy atom. The number of hydrogen-bond donors (Lipinski definition) is 3. The van der Waals surface area contributed by atoms with Gasteiger partial charge >= 0.3 is 0 Å². The average molecular weight is 444 g/mol. The molecule has 0 saturated carbocycles. The highest BCUT2D eigenvalue weighted by atomic mass is 16.6. The summed E-state index contributed by atoms with van der Waals surface area (Å²) >= 11 is 0. The normalized spacial score (nSPS) is 29.2. The van der Waals surface area contributed by atoms with Crippen LogP contribution in [-0.2, 0) is 5.60 Å². The molecule has 0 aromatic heterocycles. The number of aliphatic hydroxyl groups excluding tert-OH is 2. The molecule has 0 aliphatic carbocycles. The van der Waals surface area contributed by atoms with E-state index >= 15 is 0 Å². The van der Waals surface area contributed by atoms with E-state index in [-0.39, 0.29) is 34.8 Å². The number of aliphatic hydroxyl groups is 3. The third kappa shape index (κ3) is 2.58. The molecule has 0 saturated heterocycles. The maximum Gasteiger partial charge on any atom is 0.206 e. The molecule has 2 aromatic carbocycles. The van der Waals surface area contributed by atoms with Crippen LogP contribution < -0.4 is 23.7 Å². The number of Topliss-reactive ketones (excluding diaryl/α,β-unsaturated/α-hetero) is 1. The first-order valence-corrected chi connectivity index (χ1v) is 10.2. The Hall–Kier alpha value is -3.01. The number of carbonyl (C=O) groups excluding carboxylic acids is 1. The molecule has 32 heavy (non-hydrogen) atoms. The summed E-state index contributed by atoms with van der Waals surface area (Å²) in [4.78, 5) is 13.6. The van der Waals surface area contributed by atoms with Crippen LogP contribution in [0.2, 0.25) is 0 Å². The van der Waals surface area contributed by atoms with E-state index in [0.29, 0.717) is 17.2 Å². The van der Waals surface area contributed by atoms with Crippen LogP contribution in [0.3, 0.4) is 0 Å². The Morgan fingerprint density at radius 1 is 1.06 bits per heavy atom. The van der Waals surface area contributed by atoms with Gasteiger partial charge in [-0.05, 0) is 32.0 Å². The van der Waals surface area contributed by atoms with Crippen LogP contribution in [0.25, 0.3) is 0 Å². The largest absolute Gasteiger partial charge is 0.493 e. The SMILES string of the molecule is COc1cc2c(cc1OC)C1(O)C(=O)c3ccc4c(c3OC1CO2)C(O)C(O)C(C)(C)O4.